The summed E-state index contributed by atoms with van der Waals surface area (Å²) in [5.41, 5.74) is 5.42. The van der Waals surface area contributed by atoms with Crippen molar-refractivity contribution in [1.82, 2.24) is 0 Å². The van der Waals surface area contributed by atoms with Crippen molar-refractivity contribution in [2.45, 2.75) is 12.7 Å². The van der Waals surface area contributed by atoms with Crippen LogP contribution in [0.25, 0.3) is 0 Å². The van der Waals surface area contributed by atoms with Crippen LogP contribution in [0.3, 0.4) is 0 Å². The Labute approximate surface area is 100 Å². The number of carbonyl (C=O) groups excluding carboxylic acids is 1. The number of primary amides is 1. The monoisotopic (exact) mass is 257 g/mol. The Kier molecular flexibility index (Phi) is 4.51. The van der Waals surface area contributed by atoms with Gasteiger partial charge in [-0.15, -0.1) is 0 Å². The summed E-state index contributed by atoms with van der Waals surface area (Å²) < 4.78 is 28.5. The van der Waals surface area contributed by atoms with E-state index in [9.17, 15) is 13.2 Å². The Morgan fingerprint density at radius 2 is 2.00 bits per heavy atom. The van der Waals surface area contributed by atoms with Gasteiger partial charge in [-0.25, -0.2) is 8.42 Å². The van der Waals surface area contributed by atoms with Crippen LogP contribution in [-0.4, -0.2) is 26.7 Å². The molecule has 0 heterocycles. The van der Waals surface area contributed by atoms with Gasteiger partial charge in [-0.1, -0.05) is 18.2 Å². The van der Waals surface area contributed by atoms with Crippen molar-refractivity contribution in [3.63, 3.8) is 0 Å². The first-order valence-corrected chi connectivity index (χ1v) is 6.96. The summed E-state index contributed by atoms with van der Waals surface area (Å²) in [6, 6.07) is 6.83. The van der Waals surface area contributed by atoms with Gasteiger partial charge in [0, 0.05) is 5.56 Å². The minimum atomic E-state index is -3.53. The van der Waals surface area contributed by atoms with E-state index >= 15 is 0 Å². The number of nitrogens with two attached hydrogens (primary N) is 1. The topological polar surface area (TPSA) is 86.5 Å². The van der Waals surface area contributed by atoms with Gasteiger partial charge in [-0.05, 0) is 13.0 Å². The quantitative estimate of drug-likeness (QED) is 0.803. The zero-order valence-electron chi connectivity index (χ0n) is 9.55. The van der Waals surface area contributed by atoms with Gasteiger partial charge in [0.2, 0.25) is 5.91 Å². The molecule has 0 bridgehead atoms. The molecule has 0 aliphatic heterocycles. The SMILES string of the molecule is CCOc1ccccc1CS(=O)(=O)CC(N)=O. The summed E-state index contributed by atoms with van der Waals surface area (Å²) in [7, 11) is -3.53. The summed E-state index contributed by atoms with van der Waals surface area (Å²) in [6.45, 7) is 2.27. The van der Waals surface area contributed by atoms with Crippen molar-refractivity contribution < 1.29 is 17.9 Å². The van der Waals surface area contributed by atoms with E-state index < -0.39 is 21.5 Å². The van der Waals surface area contributed by atoms with Gasteiger partial charge in [0.15, 0.2) is 9.84 Å². The van der Waals surface area contributed by atoms with Crippen LogP contribution in [0.4, 0.5) is 0 Å². The molecule has 2 N–H and O–H groups in total. The first kappa shape index (κ1) is 13.5. The lowest BCUT2D eigenvalue weighted by molar-refractivity contribution is -0.115. The highest BCUT2D eigenvalue weighted by Gasteiger charge is 2.17. The standard InChI is InChI=1S/C11H15NO4S/c1-2-16-10-6-4-3-5-9(10)7-17(14,15)8-11(12)13/h3-6H,2,7-8H2,1H3,(H2,12,13). The molecule has 0 unspecified atom stereocenters. The molecule has 0 fully saturated rings. The van der Waals surface area contributed by atoms with Crippen molar-refractivity contribution >= 4 is 15.7 Å². The van der Waals surface area contributed by atoms with E-state index in [1.165, 1.54) is 0 Å². The van der Waals surface area contributed by atoms with Crippen LogP contribution < -0.4 is 10.5 Å². The van der Waals surface area contributed by atoms with Gasteiger partial charge in [0.25, 0.3) is 0 Å². The lowest BCUT2D eigenvalue weighted by Crippen LogP contribution is -2.24. The molecule has 0 aliphatic rings. The third kappa shape index (κ3) is 4.44. The zero-order valence-corrected chi connectivity index (χ0v) is 10.4. The van der Waals surface area contributed by atoms with Crippen LogP contribution in [-0.2, 0) is 20.4 Å². The molecule has 0 atom stereocenters. The number of rotatable bonds is 6. The molecule has 5 nitrogen and oxygen atoms in total. The molecule has 1 rings (SSSR count). The van der Waals surface area contributed by atoms with E-state index in [2.05, 4.69) is 0 Å². The Morgan fingerprint density at radius 1 is 1.35 bits per heavy atom. The summed E-state index contributed by atoms with van der Waals surface area (Å²) in [4.78, 5) is 10.6. The van der Waals surface area contributed by atoms with Crippen molar-refractivity contribution in [3.05, 3.63) is 29.8 Å². The number of hydrogen-bond acceptors (Lipinski definition) is 4. The summed E-state index contributed by atoms with van der Waals surface area (Å²) in [6.07, 6.45) is 0. The molecule has 0 aromatic heterocycles. The maximum atomic E-state index is 11.6. The van der Waals surface area contributed by atoms with E-state index in [1.807, 2.05) is 6.92 Å². The Morgan fingerprint density at radius 3 is 2.59 bits per heavy atom. The molecule has 0 saturated heterocycles. The first-order valence-electron chi connectivity index (χ1n) is 5.14. The van der Waals surface area contributed by atoms with E-state index in [0.717, 1.165) is 0 Å². The molecule has 0 spiro atoms. The second-order valence-corrected chi connectivity index (χ2v) is 5.60. The van der Waals surface area contributed by atoms with E-state index in [1.54, 1.807) is 24.3 Å². The average molecular weight is 257 g/mol. The molecular weight excluding hydrogens is 242 g/mol. The van der Waals surface area contributed by atoms with Crippen molar-refractivity contribution in [2.24, 2.45) is 5.73 Å². The molecule has 1 aromatic carbocycles. The first-order chi connectivity index (χ1) is 7.94. The minimum absolute atomic E-state index is 0.244. The normalized spacial score (nSPS) is 11.1. The third-order valence-electron chi connectivity index (χ3n) is 2.01. The maximum Gasteiger partial charge on any atom is 0.232 e. The highest BCUT2D eigenvalue weighted by molar-refractivity contribution is 7.91. The maximum absolute atomic E-state index is 11.6. The number of amides is 1. The van der Waals surface area contributed by atoms with Crippen molar-refractivity contribution in [2.75, 3.05) is 12.4 Å². The van der Waals surface area contributed by atoms with Gasteiger partial charge < -0.3 is 10.5 Å². The van der Waals surface area contributed by atoms with Gasteiger partial charge in [0.1, 0.15) is 11.5 Å². The highest BCUT2D eigenvalue weighted by atomic mass is 32.2. The van der Waals surface area contributed by atoms with Crippen LogP contribution in [0.5, 0.6) is 5.75 Å². The molecule has 17 heavy (non-hydrogen) atoms. The Bertz CT molecular complexity index is 496. The van der Waals surface area contributed by atoms with Gasteiger partial charge in [-0.2, -0.15) is 0 Å². The van der Waals surface area contributed by atoms with Gasteiger partial charge in [0.05, 0.1) is 12.4 Å². The smallest absolute Gasteiger partial charge is 0.232 e. The minimum Gasteiger partial charge on any atom is -0.494 e. The number of hydrogen-bond donors (Lipinski definition) is 1. The van der Waals surface area contributed by atoms with Crippen molar-refractivity contribution in [1.29, 1.82) is 0 Å². The Balaban J connectivity index is 2.91. The molecule has 0 saturated carbocycles. The number of para-hydroxylation sites is 1. The van der Waals surface area contributed by atoms with Crippen molar-refractivity contribution in [3.8, 4) is 5.75 Å². The largest absolute Gasteiger partial charge is 0.494 e. The molecule has 1 aromatic rings. The number of sulfone groups is 1. The fraction of sp³-hybridized carbons (Fsp3) is 0.364. The van der Waals surface area contributed by atoms with Crippen LogP contribution in [0.2, 0.25) is 0 Å². The fourth-order valence-corrected chi connectivity index (χ4v) is 2.67. The second kappa shape index (κ2) is 5.67. The zero-order chi connectivity index (χ0) is 12.9. The lowest BCUT2D eigenvalue weighted by atomic mass is 10.2. The Hall–Kier alpha value is -1.56. The average Bonchev–Trinajstić information content (AvgIpc) is 2.18. The second-order valence-electron chi connectivity index (χ2n) is 3.54. The summed E-state index contributed by atoms with van der Waals surface area (Å²) in [5, 5.41) is 0. The van der Waals surface area contributed by atoms with E-state index in [0.29, 0.717) is 17.9 Å². The molecule has 94 valence electrons. The number of ether oxygens (including phenoxy) is 1. The summed E-state index contributed by atoms with van der Waals surface area (Å²) >= 11 is 0. The molecular formula is C11H15NO4S. The predicted molar refractivity (Wildman–Crippen MR) is 64.3 cm³/mol. The van der Waals surface area contributed by atoms with Crippen LogP contribution in [0.15, 0.2) is 24.3 Å². The molecule has 1 amide bonds. The highest BCUT2D eigenvalue weighted by Crippen LogP contribution is 2.20. The fourth-order valence-electron chi connectivity index (χ4n) is 1.42. The third-order valence-corrected chi connectivity index (χ3v) is 3.49. The predicted octanol–water partition coefficient (Wildman–Crippen LogP) is 0.485. The lowest BCUT2D eigenvalue weighted by Gasteiger charge is -2.09. The van der Waals surface area contributed by atoms with Gasteiger partial charge >= 0.3 is 0 Å². The molecule has 6 heteroatoms. The van der Waals surface area contributed by atoms with E-state index in [-0.39, 0.29) is 5.75 Å². The number of benzene rings is 1. The number of carbonyl (C=O) groups is 1. The van der Waals surface area contributed by atoms with Crippen LogP contribution in [0, 0.1) is 0 Å². The van der Waals surface area contributed by atoms with Crippen LogP contribution >= 0.6 is 0 Å². The van der Waals surface area contributed by atoms with E-state index in [4.69, 9.17) is 10.5 Å². The summed E-state index contributed by atoms with van der Waals surface area (Å²) in [5.74, 6) is -1.22. The van der Waals surface area contributed by atoms with Gasteiger partial charge in [-0.3, -0.25) is 4.79 Å². The van der Waals surface area contributed by atoms with Crippen LogP contribution in [0.1, 0.15) is 12.5 Å². The molecule has 0 aliphatic carbocycles. The molecule has 0 radical (unpaired) electrons.